The number of thioether (sulfide) groups is 1. The maximum absolute atomic E-state index is 12.3. The molecule has 23 heavy (non-hydrogen) atoms. The second kappa shape index (κ2) is 6.31. The van der Waals surface area contributed by atoms with Crippen molar-refractivity contribution in [2.45, 2.75) is 58.8 Å². The number of rotatable bonds is 3. The van der Waals surface area contributed by atoms with Gasteiger partial charge in [-0.1, -0.05) is 47.6 Å². The molecule has 1 aromatic carbocycles. The van der Waals surface area contributed by atoms with E-state index in [-0.39, 0.29) is 16.5 Å². The largest absolute Gasteiger partial charge is 0.419 e. The molecule has 0 fully saturated rings. The first-order chi connectivity index (χ1) is 10.5. The predicted molar refractivity (Wildman–Crippen MR) is 99.8 cm³/mol. The van der Waals surface area contributed by atoms with Crippen molar-refractivity contribution in [3.05, 3.63) is 39.4 Å². The molecule has 0 saturated carbocycles. The van der Waals surface area contributed by atoms with Crippen molar-refractivity contribution in [1.82, 2.24) is 4.98 Å². The van der Waals surface area contributed by atoms with Gasteiger partial charge in [0.05, 0.1) is 0 Å². The zero-order chi connectivity index (χ0) is 17.4. The summed E-state index contributed by atoms with van der Waals surface area (Å²) >= 11 is 1.70. The molecule has 0 radical (unpaired) electrons. The van der Waals surface area contributed by atoms with Crippen LogP contribution in [-0.4, -0.2) is 17.0 Å². The Labute approximate surface area is 142 Å². The van der Waals surface area contributed by atoms with E-state index >= 15 is 0 Å². The van der Waals surface area contributed by atoms with Gasteiger partial charge in [-0.25, -0.2) is 9.78 Å². The third-order valence-electron chi connectivity index (χ3n) is 3.97. The van der Waals surface area contributed by atoms with Crippen LogP contribution in [0.2, 0.25) is 0 Å². The molecule has 2 aromatic rings. The number of fused-ring (bicyclic) bond motifs is 1. The lowest BCUT2D eigenvalue weighted by atomic mass is 9.80. The number of hydrogen-bond acceptors (Lipinski definition) is 4. The second-order valence-electron chi connectivity index (χ2n) is 8.06. The summed E-state index contributed by atoms with van der Waals surface area (Å²) in [6.45, 7) is 13.0. The van der Waals surface area contributed by atoms with Gasteiger partial charge in [-0.2, -0.15) is 11.8 Å². The van der Waals surface area contributed by atoms with E-state index in [1.54, 1.807) is 11.8 Å². The Morgan fingerprint density at radius 1 is 1.09 bits per heavy atom. The average molecular weight is 333 g/mol. The highest BCUT2D eigenvalue weighted by atomic mass is 32.2. The maximum atomic E-state index is 12.3. The smallest absolute Gasteiger partial charge is 0.358 e. The average Bonchev–Trinajstić information content (AvgIpc) is 2.41. The maximum Gasteiger partial charge on any atom is 0.358 e. The lowest BCUT2D eigenvalue weighted by Gasteiger charge is -2.25. The number of hydrogen-bond donors (Lipinski definition) is 0. The summed E-state index contributed by atoms with van der Waals surface area (Å²) in [4.78, 5) is 16.9. The Balaban J connectivity index is 2.77. The molecular weight excluding hydrogens is 306 g/mol. The molecule has 0 N–H and O–H groups in total. The molecule has 1 heterocycles. The van der Waals surface area contributed by atoms with E-state index in [2.05, 4.69) is 58.7 Å². The molecule has 0 aliphatic carbocycles. The van der Waals surface area contributed by atoms with Crippen LogP contribution in [0.25, 0.3) is 11.1 Å². The van der Waals surface area contributed by atoms with Gasteiger partial charge < -0.3 is 4.42 Å². The highest BCUT2D eigenvalue weighted by Crippen LogP contribution is 2.34. The molecule has 0 spiro atoms. The molecule has 4 heteroatoms. The molecule has 126 valence electrons. The summed E-state index contributed by atoms with van der Waals surface area (Å²) in [7, 11) is 0. The normalized spacial score (nSPS) is 12.8. The lowest BCUT2D eigenvalue weighted by molar-refractivity contribution is 0.513. The number of aryl methyl sites for hydroxylation is 1. The number of nitrogens with zero attached hydrogens (tertiary/aromatic N) is 1. The van der Waals surface area contributed by atoms with Crippen LogP contribution in [0.3, 0.4) is 0 Å². The highest BCUT2D eigenvalue weighted by Gasteiger charge is 2.24. The third-order valence-corrected chi connectivity index (χ3v) is 4.58. The molecule has 0 aliphatic rings. The number of benzene rings is 1. The van der Waals surface area contributed by atoms with E-state index in [0.29, 0.717) is 17.7 Å². The van der Waals surface area contributed by atoms with E-state index in [1.165, 1.54) is 5.56 Å². The molecule has 2 rings (SSSR count). The molecule has 0 aliphatic heterocycles. The van der Waals surface area contributed by atoms with Crippen molar-refractivity contribution in [2.75, 3.05) is 12.0 Å². The molecule has 0 amide bonds. The predicted octanol–water partition coefficient (Wildman–Crippen LogP) is 4.69. The summed E-state index contributed by atoms with van der Waals surface area (Å²) in [5, 5.41) is 0. The van der Waals surface area contributed by atoms with Crippen LogP contribution in [0, 0.1) is 0 Å². The summed E-state index contributed by atoms with van der Waals surface area (Å²) < 4.78 is 5.69. The molecule has 3 nitrogen and oxygen atoms in total. The second-order valence-corrected chi connectivity index (χ2v) is 9.05. The van der Waals surface area contributed by atoms with Gasteiger partial charge in [-0.3, -0.25) is 0 Å². The zero-order valence-corrected chi connectivity index (χ0v) is 16.1. The van der Waals surface area contributed by atoms with Crippen molar-refractivity contribution in [1.29, 1.82) is 0 Å². The first-order valence-electron chi connectivity index (χ1n) is 8.01. The fraction of sp³-hybridized carbons (Fsp3) is 0.579. The van der Waals surface area contributed by atoms with E-state index in [0.717, 1.165) is 16.8 Å². The van der Waals surface area contributed by atoms with Gasteiger partial charge in [0.25, 0.3) is 0 Å². The zero-order valence-electron chi connectivity index (χ0n) is 15.2. The molecule has 0 bridgehead atoms. The first kappa shape index (κ1) is 18.1. The van der Waals surface area contributed by atoms with Crippen molar-refractivity contribution < 1.29 is 4.42 Å². The molecule has 0 atom stereocenters. The quantitative estimate of drug-likeness (QED) is 0.817. The van der Waals surface area contributed by atoms with Crippen LogP contribution in [0.5, 0.6) is 0 Å². The molecule has 1 aromatic heterocycles. The SMILES string of the molecule is CSCCc1nc2cc(C(C)(C)C)cc(C(C)(C)C)c2oc1=O. The molecule has 0 unspecified atom stereocenters. The van der Waals surface area contributed by atoms with Crippen molar-refractivity contribution in [3.63, 3.8) is 0 Å². The van der Waals surface area contributed by atoms with E-state index in [4.69, 9.17) is 4.42 Å². The van der Waals surface area contributed by atoms with Crippen LogP contribution in [0.15, 0.2) is 21.3 Å². The van der Waals surface area contributed by atoms with Gasteiger partial charge >= 0.3 is 5.63 Å². The lowest BCUT2D eigenvalue weighted by Crippen LogP contribution is -2.19. The fourth-order valence-electron chi connectivity index (χ4n) is 2.49. The van der Waals surface area contributed by atoms with Crippen molar-refractivity contribution in [3.8, 4) is 0 Å². The standard InChI is InChI=1S/C19H27NO2S/c1-18(2,3)12-10-13(19(4,5)6)16-15(11-12)20-14(8-9-23-7)17(21)22-16/h10-11H,8-9H2,1-7H3. The fourth-order valence-corrected chi connectivity index (χ4v) is 2.89. The molecular formula is C19H27NO2S. The van der Waals surface area contributed by atoms with E-state index < -0.39 is 0 Å². The van der Waals surface area contributed by atoms with Gasteiger partial charge in [0.1, 0.15) is 11.2 Å². The van der Waals surface area contributed by atoms with Crippen molar-refractivity contribution in [2.24, 2.45) is 0 Å². The minimum absolute atomic E-state index is 0.0193. The topological polar surface area (TPSA) is 43.1 Å². The summed E-state index contributed by atoms with van der Waals surface area (Å²) in [6.07, 6.45) is 2.67. The van der Waals surface area contributed by atoms with Crippen LogP contribution in [0.4, 0.5) is 0 Å². The van der Waals surface area contributed by atoms with Crippen LogP contribution in [-0.2, 0) is 17.3 Å². The van der Waals surface area contributed by atoms with Gasteiger partial charge in [0, 0.05) is 12.0 Å². The van der Waals surface area contributed by atoms with Gasteiger partial charge in [0.2, 0.25) is 0 Å². The van der Waals surface area contributed by atoms with Crippen LogP contribution < -0.4 is 5.63 Å². The number of aromatic nitrogens is 1. The highest BCUT2D eigenvalue weighted by molar-refractivity contribution is 7.98. The van der Waals surface area contributed by atoms with Gasteiger partial charge in [0.15, 0.2) is 5.58 Å². The third kappa shape index (κ3) is 3.97. The van der Waals surface area contributed by atoms with E-state index in [1.807, 2.05) is 6.26 Å². The van der Waals surface area contributed by atoms with Crippen molar-refractivity contribution >= 4 is 22.9 Å². The van der Waals surface area contributed by atoms with Gasteiger partial charge in [-0.15, -0.1) is 0 Å². The first-order valence-corrected chi connectivity index (χ1v) is 9.41. The summed E-state index contributed by atoms with van der Waals surface area (Å²) in [5.74, 6) is 0.869. The molecule has 0 saturated heterocycles. The van der Waals surface area contributed by atoms with Gasteiger partial charge in [-0.05, 0) is 34.5 Å². The summed E-state index contributed by atoms with van der Waals surface area (Å²) in [6, 6.07) is 4.23. The Morgan fingerprint density at radius 2 is 1.74 bits per heavy atom. The summed E-state index contributed by atoms with van der Waals surface area (Å²) in [5.41, 5.74) is 3.80. The minimum Gasteiger partial charge on any atom is -0.419 e. The minimum atomic E-state index is -0.305. The van der Waals surface area contributed by atoms with Crippen LogP contribution >= 0.6 is 11.8 Å². The monoisotopic (exact) mass is 333 g/mol. The van der Waals surface area contributed by atoms with Crippen LogP contribution in [0.1, 0.15) is 58.4 Å². The Morgan fingerprint density at radius 3 is 2.26 bits per heavy atom. The Hall–Kier alpha value is -1.29. The Bertz CT molecular complexity index is 764. The van der Waals surface area contributed by atoms with E-state index in [9.17, 15) is 4.79 Å². The Kier molecular flexibility index (Phi) is 4.95.